The third-order valence-corrected chi connectivity index (χ3v) is 5.70. The smallest absolute Gasteiger partial charge is 0.255 e. The molecule has 2 aliphatic rings. The molecule has 132 valence electrons. The monoisotopic (exact) mass is 345 g/mol. The first-order chi connectivity index (χ1) is 12.6. The summed E-state index contributed by atoms with van der Waals surface area (Å²) in [4.78, 5) is 15.4. The van der Waals surface area contributed by atoms with E-state index in [2.05, 4.69) is 30.4 Å². The number of rotatable bonds is 3. The van der Waals surface area contributed by atoms with E-state index < -0.39 is 0 Å². The molecule has 1 fully saturated rings. The molecule has 0 saturated carbocycles. The Labute approximate surface area is 154 Å². The first-order valence-electron chi connectivity index (χ1n) is 9.26. The molecule has 2 aromatic carbocycles. The predicted octanol–water partition coefficient (Wildman–Crippen LogP) is 3.14. The number of benzene rings is 2. The first-order valence-corrected chi connectivity index (χ1v) is 9.26. The van der Waals surface area contributed by atoms with Crippen molar-refractivity contribution in [3.05, 3.63) is 69.8 Å². The van der Waals surface area contributed by atoms with E-state index in [9.17, 15) is 4.79 Å². The third kappa shape index (κ3) is 2.69. The quantitative estimate of drug-likeness (QED) is 0.930. The Morgan fingerprint density at radius 3 is 2.85 bits per heavy atom. The van der Waals surface area contributed by atoms with Gasteiger partial charge in [0.15, 0.2) is 0 Å². The number of fused-ring (bicyclic) bond motifs is 3. The Morgan fingerprint density at radius 1 is 1.23 bits per heavy atom. The number of hydrogen-bond acceptors (Lipinski definition) is 3. The highest BCUT2D eigenvalue weighted by atomic mass is 16.2. The molecular formula is C22H23N3O. The SMILES string of the molecule is CCc1cc(C)c2c(c1)C1CNCC1N(Cc1cccc(C#N)c1)C2=O. The summed E-state index contributed by atoms with van der Waals surface area (Å²) in [5.74, 6) is 0.458. The van der Waals surface area contributed by atoms with Crippen LogP contribution in [0.4, 0.5) is 0 Å². The standard InChI is InChI=1S/C22H23N3O/c1-3-15-7-14(2)21-18(9-15)19-11-24-12-20(19)25(22(21)26)13-17-6-4-5-16(8-17)10-23/h4-9,19-20,24H,3,11-13H2,1-2H3. The van der Waals surface area contributed by atoms with Gasteiger partial charge in [-0.25, -0.2) is 0 Å². The normalized spacial score (nSPS) is 21.3. The van der Waals surface area contributed by atoms with Gasteiger partial charge >= 0.3 is 0 Å². The van der Waals surface area contributed by atoms with Crippen molar-refractivity contribution in [1.82, 2.24) is 10.2 Å². The summed E-state index contributed by atoms with van der Waals surface area (Å²) in [6.45, 7) is 6.48. The van der Waals surface area contributed by atoms with E-state index in [1.165, 1.54) is 11.1 Å². The molecule has 2 unspecified atom stereocenters. The van der Waals surface area contributed by atoms with Gasteiger partial charge in [0.1, 0.15) is 0 Å². The van der Waals surface area contributed by atoms with E-state index >= 15 is 0 Å². The summed E-state index contributed by atoms with van der Waals surface area (Å²) in [7, 11) is 0. The maximum atomic E-state index is 13.4. The summed E-state index contributed by atoms with van der Waals surface area (Å²) < 4.78 is 0. The van der Waals surface area contributed by atoms with Crippen LogP contribution in [0, 0.1) is 18.3 Å². The Hall–Kier alpha value is -2.64. The number of amides is 1. The van der Waals surface area contributed by atoms with Crippen LogP contribution in [-0.2, 0) is 13.0 Å². The van der Waals surface area contributed by atoms with Crippen molar-refractivity contribution in [2.75, 3.05) is 13.1 Å². The van der Waals surface area contributed by atoms with Crippen LogP contribution in [-0.4, -0.2) is 29.9 Å². The number of nitrogens with one attached hydrogen (secondary N) is 1. The lowest BCUT2D eigenvalue weighted by molar-refractivity contribution is 0.0629. The maximum absolute atomic E-state index is 13.4. The average Bonchev–Trinajstić information content (AvgIpc) is 3.14. The van der Waals surface area contributed by atoms with E-state index in [4.69, 9.17) is 5.26 Å². The van der Waals surface area contributed by atoms with Crippen molar-refractivity contribution >= 4 is 5.91 Å². The molecule has 0 radical (unpaired) electrons. The van der Waals surface area contributed by atoms with Crippen molar-refractivity contribution in [2.45, 2.75) is 38.8 Å². The minimum Gasteiger partial charge on any atom is -0.329 e. The lowest BCUT2D eigenvalue weighted by Gasteiger charge is -2.39. The zero-order valence-corrected chi connectivity index (χ0v) is 15.2. The lowest BCUT2D eigenvalue weighted by Crippen LogP contribution is -2.48. The van der Waals surface area contributed by atoms with Crippen LogP contribution in [0.1, 0.15) is 51.0 Å². The highest BCUT2D eigenvalue weighted by Gasteiger charge is 2.43. The van der Waals surface area contributed by atoms with Crippen molar-refractivity contribution in [3.63, 3.8) is 0 Å². The van der Waals surface area contributed by atoms with Crippen LogP contribution in [0.5, 0.6) is 0 Å². The number of carbonyl (C=O) groups excluding carboxylic acids is 1. The molecule has 26 heavy (non-hydrogen) atoms. The molecule has 1 saturated heterocycles. The van der Waals surface area contributed by atoms with Gasteiger partial charge in [-0.3, -0.25) is 4.79 Å². The molecule has 1 N–H and O–H groups in total. The Morgan fingerprint density at radius 2 is 2.08 bits per heavy atom. The Balaban J connectivity index is 1.75. The van der Waals surface area contributed by atoms with E-state index in [1.54, 1.807) is 6.07 Å². The van der Waals surface area contributed by atoms with Crippen LogP contribution in [0.15, 0.2) is 36.4 Å². The van der Waals surface area contributed by atoms with Gasteiger partial charge in [0.05, 0.1) is 17.7 Å². The molecule has 0 bridgehead atoms. The molecular weight excluding hydrogens is 322 g/mol. The average molecular weight is 345 g/mol. The number of hydrogen-bond donors (Lipinski definition) is 1. The second kappa shape index (κ2) is 6.59. The van der Waals surface area contributed by atoms with Crippen LogP contribution in [0.25, 0.3) is 0 Å². The molecule has 4 nitrogen and oxygen atoms in total. The number of aryl methyl sites for hydroxylation is 2. The van der Waals surface area contributed by atoms with Crippen molar-refractivity contribution < 1.29 is 4.79 Å². The van der Waals surface area contributed by atoms with Crippen LogP contribution in [0.2, 0.25) is 0 Å². The van der Waals surface area contributed by atoms with Gasteiger partial charge in [-0.1, -0.05) is 31.2 Å². The van der Waals surface area contributed by atoms with E-state index in [0.717, 1.165) is 36.2 Å². The number of carbonyl (C=O) groups is 1. The van der Waals surface area contributed by atoms with Crippen LogP contribution < -0.4 is 5.32 Å². The molecule has 0 aliphatic carbocycles. The molecule has 0 spiro atoms. The van der Waals surface area contributed by atoms with Crippen LogP contribution >= 0.6 is 0 Å². The van der Waals surface area contributed by atoms with Crippen molar-refractivity contribution in [1.29, 1.82) is 5.26 Å². The molecule has 0 aromatic heterocycles. The minimum atomic E-state index is 0.118. The zero-order chi connectivity index (χ0) is 18.3. The third-order valence-electron chi connectivity index (χ3n) is 5.70. The van der Waals surface area contributed by atoms with E-state index in [0.29, 0.717) is 18.0 Å². The van der Waals surface area contributed by atoms with Crippen molar-refractivity contribution in [2.24, 2.45) is 0 Å². The molecule has 1 amide bonds. The van der Waals surface area contributed by atoms with Gasteiger partial charge in [0, 0.05) is 31.1 Å². The topological polar surface area (TPSA) is 56.1 Å². The fourth-order valence-electron chi connectivity index (χ4n) is 4.41. The summed E-state index contributed by atoms with van der Waals surface area (Å²) in [5, 5.41) is 12.6. The fourth-order valence-corrected chi connectivity index (χ4v) is 4.41. The second-order valence-corrected chi connectivity index (χ2v) is 7.31. The highest BCUT2D eigenvalue weighted by Crippen LogP contribution is 2.38. The van der Waals surface area contributed by atoms with Gasteiger partial charge < -0.3 is 10.2 Å². The van der Waals surface area contributed by atoms with E-state index in [1.807, 2.05) is 30.0 Å². The summed E-state index contributed by atoms with van der Waals surface area (Å²) >= 11 is 0. The van der Waals surface area contributed by atoms with Gasteiger partial charge in [-0.05, 0) is 47.7 Å². The minimum absolute atomic E-state index is 0.118. The molecule has 2 atom stereocenters. The molecule has 2 aliphatic heterocycles. The summed E-state index contributed by atoms with van der Waals surface area (Å²) in [6.07, 6.45) is 0.984. The Kier molecular flexibility index (Phi) is 4.26. The van der Waals surface area contributed by atoms with Crippen LogP contribution in [0.3, 0.4) is 0 Å². The highest BCUT2D eigenvalue weighted by molar-refractivity contribution is 5.99. The molecule has 2 heterocycles. The van der Waals surface area contributed by atoms with Gasteiger partial charge in [-0.15, -0.1) is 0 Å². The predicted molar refractivity (Wildman–Crippen MR) is 101 cm³/mol. The number of nitrogens with zero attached hydrogens (tertiary/aromatic N) is 2. The van der Waals surface area contributed by atoms with Crippen molar-refractivity contribution in [3.8, 4) is 6.07 Å². The molecule has 2 aromatic rings. The Bertz CT molecular complexity index is 912. The first kappa shape index (κ1) is 16.8. The zero-order valence-electron chi connectivity index (χ0n) is 15.2. The summed E-state index contributed by atoms with van der Waals surface area (Å²) in [5.41, 5.74) is 6.11. The van der Waals surface area contributed by atoms with Gasteiger partial charge in [0.25, 0.3) is 5.91 Å². The van der Waals surface area contributed by atoms with Gasteiger partial charge in [0.2, 0.25) is 0 Å². The second-order valence-electron chi connectivity index (χ2n) is 7.31. The lowest BCUT2D eigenvalue weighted by atomic mass is 9.81. The van der Waals surface area contributed by atoms with E-state index in [-0.39, 0.29) is 11.9 Å². The maximum Gasteiger partial charge on any atom is 0.255 e. The largest absolute Gasteiger partial charge is 0.329 e. The molecule has 4 heteroatoms. The fraction of sp³-hybridized carbons (Fsp3) is 0.364. The molecule has 4 rings (SSSR count). The summed E-state index contributed by atoms with van der Waals surface area (Å²) in [6, 6.07) is 14.3. The van der Waals surface area contributed by atoms with Gasteiger partial charge in [-0.2, -0.15) is 5.26 Å². The number of nitriles is 1.